The van der Waals surface area contributed by atoms with Gasteiger partial charge in [0.05, 0.1) is 116 Å². The number of carbonyl (C=O) groups is 10. The second-order valence-electron chi connectivity index (χ2n) is 20.4. The third kappa shape index (κ3) is 22.8. The van der Waals surface area contributed by atoms with Gasteiger partial charge >= 0.3 is 59.7 Å². The maximum absolute atomic E-state index is 13.7. The van der Waals surface area contributed by atoms with Crippen molar-refractivity contribution in [3.63, 3.8) is 0 Å². The summed E-state index contributed by atoms with van der Waals surface area (Å²) in [6, 6.07) is 18.4. The van der Waals surface area contributed by atoms with Gasteiger partial charge in [-0.3, -0.25) is 38.4 Å². The van der Waals surface area contributed by atoms with Crippen molar-refractivity contribution >= 4 is 83.2 Å². The first kappa shape index (κ1) is 68.4. The summed E-state index contributed by atoms with van der Waals surface area (Å²) in [6.45, 7) is 15.0. The highest BCUT2D eigenvalue weighted by atomic mass is 32.2. The summed E-state index contributed by atoms with van der Waals surface area (Å²) in [7, 11) is 0. The Morgan fingerprint density at radius 1 is 0.466 bits per heavy atom. The number of ether oxygens (including phenoxy) is 10. The zero-order valence-corrected chi connectivity index (χ0v) is 50.1. The van der Waals surface area contributed by atoms with E-state index in [1.807, 2.05) is 6.07 Å². The highest BCUT2D eigenvalue weighted by molar-refractivity contribution is 8.24. The first-order chi connectivity index (χ1) is 42.5. The van der Waals surface area contributed by atoms with Crippen molar-refractivity contribution in [1.29, 1.82) is 5.26 Å². The highest BCUT2D eigenvalue weighted by Crippen LogP contribution is 2.59. The maximum Gasteiger partial charge on any atom is 0.330 e. The summed E-state index contributed by atoms with van der Waals surface area (Å²) in [5, 5.41) is 9.72. The van der Waals surface area contributed by atoms with Crippen LogP contribution < -0.4 is 18.9 Å². The number of fused-ring (bicyclic) bond motifs is 1. The molecule has 0 radical (unpaired) electrons. The van der Waals surface area contributed by atoms with E-state index < -0.39 is 83.4 Å². The number of thioether (sulfide) groups is 2. The number of esters is 10. The second-order valence-corrected chi connectivity index (χ2v) is 22.7. The number of hydrogen-bond donors (Lipinski definition) is 0. The Morgan fingerprint density at radius 2 is 0.773 bits per heavy atom. The van der Waals surface area contributed by atoms with Crippen LogP contribution in [-0.4, -0.2) is 99.3 Å². The quantitative estimate of drug-likeness (QED) is 0.0107. The lowest BCUT2D eigenvalue weighted by Crippen LogP contribution is -2.30. The molecule has 1 aliphatic heterocycles. The third-order valence-corrected chi connectivity index (χ3v) is 16.7. The molecule has 0 atom stereocenters. The number of nitriles is 1. The van der Waals surface area contributed by atoms with Crippen molar-refractivity contribution in [3.05, 3.63) is 118 Å². The molecule has 24 heteroatoms. The van der Waals surface area contributed by atoms with Crippen molar-refractivity contribution < 1.29 is 95.3 Å². The van der Waals surface area contributed by atoms with Crippen LogP contribution in [0.5, 0.6) is 23.0 Å². The molecule has 2 fully saturated rings. The van der Waals surface area contributed by atoms with Crippen LogP contribution in [0.15, 0.2) is 106 Å². The minimum Gasteiger partial charge on any atom is -0.466 e. The third-order valence-electron chi connectivity index (χ3n) is 14.1. The molecule has 0 amide bonds. The molecule has 466 valence electrons. The van der Waals surface area contributed by atoms with Crippen LogP contribution >= 0.6 is 23.5 Å². The van der Waals surface area contributed by atoms with Crippen molar-refractivity contribution in [1.82, 2.24) is 0 Å². The van der Waals surface area contributed by atoms with E-state index in [4.69, 9.17) is 53.9 Å². The van der Waals surface area contributed by atoms with Crippen molar-refractivity contribution in [2.75, 3.05) is 39.6 Å². The van der Waals surface area contributed by atoms with Gasteiger partial charge in [-0.05, 0) is 125 Å². The molecular weight excluding hydrogens is 1180 g/mol. The highest BCUT2D eigenvalue weighted by Gasteiger charge is 2.37. The van der Waals surface area contributed by atoms with Gasteiger partial charge in [-0.15, -0.1) is 0 Å². The summed E-state index contributed by atoms with van der Waals surface area (Å²) in [6.07, 6.45) is 7.21. The molecule has 22 nitrogen and oxygen atoms in total. The summed E-state index contributed by atoms with van der Waals surface area (Å²) in [5.74, 6) is -6.21. The van der Waals surface area contributed by atoms with Crippen LogP contribution in [0.1, 0.15) is 114 Å². The van der Waals surface area contributed by atoms with E-state index in [9.17, 15) is 53.2 Å². The molecule has 0 N–H and O–H groups in total. The van der Waals surface area contributed by atoms with E-state index in [1.165, 1.54) is 12.1 Å². The Hall–Kier alpha value is -8.74. The predicted octanol–water partition coefficient (Wildman–Crippen LogP) is 9.97. The van der Waals surface area contributed by atoms with Crippen LogP contribution in [0.2, 0.25) is 0 Å². The molecular formula is C64H68N2O20S2. The minimum absolute atomic E-state index is 0.0725. The number of unbranched alkanes of at least 4 members (excludes halogenated alkanes) is 2. The lowest BCUT2D eigenvalue weighted by Gasteiger charge is -2.26. The smallest absolute Gasteiger partial charge is 0.330 e. The lowest BCUT2D eigenvalue weighted by molar-refractivity contribution is -0.150. The number of benzene rings is 3. The van der Waals surface area contributed by atoms with Gasteiger partial charge in [-0.1, -0.05) is 60.9 Å². The fourth-order valence-electron chi connectivity index (χ4n) is 9.17. The van der Waals surface area contributed by atoms with Crippen LogP contribution in [0.3, 0.4) is 0 Å². The standard InChI is InChI=1S/C64H68N2O20S2/c1-4-52(67)77-34-6-8-36-79-54(69)28-30-56(71)81-38-32-41-10-22-47(23-11-41)83-60(73)43-14-18-45(19-15-43)62(75)85-50-26-27-51(59-58(50)87-64(88-59)49(40-65)66-3)86-63(76)46-20-16-44(17-21-46)61(74)84-48-24-12-42(13-25-48)33-39-82-57(72)31-29-55(70)80-37-9-7-35-78-53(68)5-2/h4-5,10-13,22-27,43-46H,1-2,6-9,14-21,28-39H2. The molecule has 0 bridgehead atoms. The van der Waals surface area contributed by atoms with E-state index in [0.717, 1.165) is 46.8 Å². The summed E-state index contributed by atoms with van der Waals surface area (Å²) in [4.78, 5) is 128. The Balaban J connectivity index is 0.880. The first-order valence-corrected chi connectivity index (χ1v) is 30.5. The van der Waals surface area contributed by atoms with Crippen LogP contribution in [-0.2, 0) is 89.2 Å². The molecule has 6 rings (SSSR count). The molecule has 0 spiro atoms. The Morgan fingerprint density at radius 3 is 1.08 bits per heavy atom. The SMILES string of the molecule is [C-]#[N+]C(C#N)=C1Sc2c(OC(=O)C3CCC(C(=O)Oc4ccc(CCOC(=O)CCC(=O)OCCCCOC(=O)C=C)cc4)CC3)ccc(OC(=O)C3CCC(C(=O)Oc4ccc(CCOC(=O)CCC(=O)OCCCCOC(=O)C=C)cc4)CC3)c2S1. The molecule has 2 saturated carbocycles. The van der Waals surface area contributed by atoms with Crippen LogP contribution in [0, 0.1) is 41.6 Å². The van der Waals surface area contributed by atoms with Crippen molar-refractivity contribution in [3.8, 4) is 29.1 Å². The van der Waals surface area contributed by atoms with Gasteiger partial charge in [0.15, 0.2) is 0 Å². The number of allylic oxidation sites excluding steroid dienone is 1. The summed E-state index contributed by atoms with van der Waals surface area (Å²) >= 11 is 2.12. The van der Waals surface area contributed by atoms with E-state index in [0.29, 0.717) is 115 Å². The summed E-state index contributed by atoms with van der Waals surface area (Å²) < 4.78 is 53.9. The number of carbonyl (C=O) groups excluding carboxylic acids is 10. The number of nitrogens with zero attached hydrogens (tertiary/aromatic N) is 2. The van der Waals surface area contributed by atoms with Gasteiger partial charge in [0, 0.05) is 25.0 Å². The lowest BCUT2D eigenvalue weighted by atomic mass is 9.82. The molecule has 0 unspecified atom stereocenters. The number of hydrogen-bond acceptors (Lipinski definition) is 23. The van der Waals surface area contributed by atoms with Gasteiger partial charge in [0.2, 0.25) is 0 Å². The molecule has 3 aromatic rings. The van der Waals surface area contributed by atoms with Crippen LogP contribution in [0.4, 0.5) is 0 Å². The van der Waals surface area contributed by atoms with Gasteiger partial charge in [0.1, 0.15) is 23.0 Å². The average molecular weight is 1250 g/mol. The molecule has 0 saturated heterocycles. The van der Waals surface area contributed by atoms with E-state index in [2.05, 4.69) is 18.0 Å². The Labute approximate surface area is 517 Å². The van der Waals surface area contributed by atoms with Crippen molar-refractivity contribution in [2.45, 2.75) is 125 Å². The molecule has 88 heavy (non-hydrogen) atoms. The number of rotatable bonds is 32. The van der Waals surface area contributed by atoms with Crippen LogP contribution in [0.25, 0.3) is 4.85 Å². The minimum atomic E-state index is -0.551. The molecule has 3 aromatic carbocycles. The zero-order chi connectivity index (χ0) is 63.2. The molecule has 2 aliphatic carbocycles. The molecule has 1 heterocycles. The van der Waals surface area contributed by atoms with E-state index >= 15 is 0 Å². The molecule has 3 aliphatic rings. The zero-order valence-electron chi connectivity index (χ0n) is 48.5. The Kier molecular flexibility index (Phi) is 28.3. The summed E-state index contributed by atoms with van der Waals surface area (Å²) in [5.41, 5.74) is 1.45. The van der Waals surface area contributed by atoms with Gasteiger partial charge < -0.3 is 47.4 Å². The average Bonchev–Trinajstić information content (AvgIpc) is 2.87. The maximum atomic E-state index is 13.7. The van der Waals surface area contributed by atoms with E-state index in [-0.39, 0.29) is 82.5 Å². The largest absolute Gasteiger partial charge is 0.466 e. The topological polar surface area (TPSA) is 291 Å². The predicted molar refractivity (Wildman–Crippen MR) is 314 cm³/mol. The van der Waals surface area contributed by atoms with Crippen molar-refractivity contribution in [2.24, 2.45) is 23.7 Å². The van der Waals surface area contributed by atoms with Gasteiger partial charge in [-0.2, -0.15) is 0 Å². The first-order valence-electron chi connectivity index (χ1n) is 28.9. The normalized spacial score (nSPS) is 16.5. The fraction of sp³-hybridized carbons (Fsp3) is 0.438. The van der Waals surface area contributed by atoms with Gasteiger partial charge in [-0.25, -0.2) is 19.7 Å². The fourth-order valence-corrected chi connectivity index (χ4v) is 11.6. The monoisotopic (exact) mass is 1250 g/mol. The second kappa shape index (κ2) is 36.4. The van der Waals surface area contributed by atoms with E-state index in [1.54, 1.807) is 48.5 Å². The Bertz CT molecular complexity index is 2920. The van der Waals surface area contributed by atoms with Gasteiger partial charge in [0.25, 0.3) is 5.70 Å². The molecule has 0 aromatic heterocycles.